The van der Waals surface area contributed by atoms with Crippen LogP contribution in [0.2, 0.25) is 0 Å². The molecule has 0 aromatic rings. The van der Waals surface area contributed by atoms with Crippen LogP contribution in [0.25, 0.3) is 0 Å². The van der Waals surface area contributed by atoms with Gasteiger partial charge in [0.15, 0.2) is 6.10 Å². The van der Waals surface area contributed by atoms with Crippen LogP contribution in [0, 0.1) is 0 Å². The smallest absolute Gasteiger partial charge is 0.462 e. The van der Waals surface area contributed by atoms with Crippen LogP contribution in [-0.4, -0.2) is 100 Å². The summed E-state index contributed by atoms with van der Waals surface area (Å²) < 4.78 is 37.8. The van der Waals surface area contributed by atoms with Crippen molar-refractivity contribution in [3.05, 3.63) is 0 Å². The molecule has 1 aliphatic rings. The molecule has 0 bridgehead atoms. The molecule has 1 aliphatic carbocycles. The van der Waals surface area contributed by atoms with Crippen LogP contribution in [0.15, 0.2) is 0 Å². The Labute approximate surface area is 211 Å². The molecule has 0 saturated heterocycles. The molecule has 14 heteroatoms. The first kappa shape index (κ1) is 32.9. The number of carbonyl (C=O) groups is 2. The van der Waals surface area contributed by atoms with Gasteiger partial charge in [0.1, 0.15) is 43.2 Å². The average Bonchev–Trinajstić information content (AvgIpc) is 2.83. The molecule has 13 nitrogen and oxygen atoms in total. The predicted molar refractivity (Wildman–Crippen MR) is 125 cm³/mol. The molecule has 0 aromatic heterocycles. The van der Waals surface area contributed by atoms with Gasteiger partial charge in [0.2, 0.25) is 0 Å². The first-order valence-electron chi connectivity index (χ1n) is 12.2. The van der Waals surface area contributed by atoms with E-state index in [1.54, 1.807) is 0 Å². The van der Waals surface area contributed by atoms with E-state index in [1.807, 2.05) is 13.8 Å². The molecule has 0 aliphatic heterocycles. The van der Waals surface area contributed by atoms with Gasteiger partial charge in [-0.1, -0.05) is 39.5 Å². The van der Waals surface area contributed by atoms with Gasteiger partial charge in [0.25, 0.3) is 0 Å². The molecule has 0 heterocycles. The summed E-state index contributed by atoms with van der Waals surface area (Å²) in [5.41, 5.74) is 0. The van der Waals surface area contributed by atoms with E-state index in [9.17, 15) is 39.5 Å². The molecule has 0 spiro atoms. The summed E-state index contributed by atoms with van der Waals surface area (Å²) in [6.07, 6.45) is -6.81. The second-order valence-corrected chi connectivity index (χ2v) is 10.1. The Kier molecular flexibility index (Phi) is 15.2. The number of esters is 2. The molecular weight excluding hydrogens is 503 g/mol. The van der Waals surface area contributed by atoms with Gasteiger partial charge < -0.3 is 39.5 Å². The maximum absolute atomic E-state index is 12.6. The minimum atomic E-state index is -4.99. The van der Waals surface area contributed by atoms with Crippen molar-refractivity contribution >= 4 is 19.8 Å². The van der Waals surface area contributed by atoms with Crippen LogP contribution in [0.3, 0.4) is 0 Å². The Bertz CT molecular complexity index is 705. The van der Waals surface area contributed by atoms with Crippen molar-refractivity contribution in [2.45, 2.75) is 108 Å². The summed E-state index contributed by atoms with van der Waals surface area (Å²) in [5.74, 6) is -1.12. The maximum atomic E-state index is 12.6. The van der Waals surface area contributed by atoms with E-state index in [0.29, 0.717) is 12.8 Å². The molecule has 212 valence electrons. The fourth-order valence-corrected chi connectivity index (χ4v) is 4.56. The summed E-state index contributed by atoms with van der Waals surface area (Å²) in [7, 11) is -3.89. The zero-order valence-corrected chi connectivity index (χ0v) is 22.0. The third-order valence-corrected chi connectivity index (χ3v) is 6.68. The van der Waals surface area contributed by atoms with Crippen LogP contribution in [0.1, 0.15) is 65.2 Å². The molecule has 2 unspecified atom stereocenters. The lowest BCUT2D eigenvalue weighted by atomic mass is 9.85. The first-order valence-corrected chi connectivity index (χ1v) is 13.7. The number of carbonyl (C=O) groups excluding carboxylic acids is 2. The molecule has 0 amide bonds. The fourth-order valence-electron chi connectivity index (χ4n) is 3.60. The Morgan fingerprint density at radius 2 is 1.33 bits per heavy atom. The molecular formula is C22H41O13P. The molecule has 5 N–H and O–H groups in total. The number of hydrogen-bond donors (Lipinski definition) is 5. The van der Waals surface area contributed by atoms with Gasteiger partial charge in [-0.15, -0.1) is 0 Å². The number of phosphoric ester groups is 1. The quantitative estimate of drug-likeness (QED) is 0.0968. The molecule has 8 atom stereocenters. The highest BCUT2D eigenvalue weighted by molar-refractivity contribution is 7.47. The summed E-state index contributed by atoms with van der Waals surface area (Å²) in [5, 5.41) is 39.9. The number of phosphoric acid groups is 1. The number of rotatable bonds is 17. The van der Waals surface area contributed by atoms with E-state index >= 15 is 0 Å². The first-order chi connectivity index (χ1) is 17.0. The average molecular weight is 545 g/mol. The van der Waals surface area contributed by atoms with Crippen LogP contribution in [-0.2, 0) is 37.4 Å². The molecule has 1 saturated carbocycles. The minimum Gasteiger partial charge on any atom is -0.462 e. The Morgan fingerprint density at radius 1 is 0.806 bits per heavy atom. The van der Waals surface area contributed by atoms with Gasteiger partial charge in [-0.2, -0.15) is 0 Å². The largest absolute Gasteiger partial charge is 0.472 e. The maximum Gasteiger partial charge on any atom is 0.472 e. The van der Waals surface area contributed by atoms with E-state index in [1.165, 1.54) is 0 Å². The fraction of sp³-hybridized carbons (Fsp3) is 0.909. The molecule has 1 rings (SSSR count). The predicted octanol–water partition coefficient (Wildman–Crippen LogP) is 0.576. The monoisotopic (exact) mass is 544 g/mol. The Hall–Kier alpha value is -1.15. The van der Waals surface area contributed by atoms with E-state index in [-0.39, 0.29) is 12.8 Å². The zero-order chi connectivity index (χ0) is 27.3. The minimum absolute atomic E-state index is 0.101. The van der Waals surface area contributed by atoms with Gasteiger partial charge in [-0.3, -0.25) is 18.6 Å². The number of unbranched alkanes of at least 4 members (excludes halogenated alkanes) is 4. The lowest BCUT2D eigenvalue weighted by molar-refractivity contribution is -0.226. The van der Waals surface area contributed by atoms with Crippen LogP contribution >= 0.6 is 7.82 Å². The van der Waals surface area contributed by atoms with E-state index in [2.05, 4.69) is 0 Å². The topological polar surface area (TPSA) is 199 Å². The van der Waals surface area contributed by atoms with E-state index in [0.717, 1.165) is 32.8 Å². The van der Waals surface area contributed by atoms with Gasteiger partial charge >= 0.3 is 19.8 Å². The van der Waals surface area contributed by atoms with Crippen molar-refractivity contribution in [2.24, 2.45) is 0 Å². The zero-order valence-electron chi connectivity index (χ0n) is 21.1. The molecule has 1 fully saturated rings. The van der Waals surface area contributed by atoms with Crippen LogP contribution in [0.4, 0.5) is 0 Å². The van der Waals surface area contributed by atoms with Gasteiger partial charge in [-0.25, -0.2) is 4.57 Å². The number of ether oxygens (including phenoxy) is 3. The normalized spacial score (nSPS) is 28.8. The highest BCUT2D eigenvalue weighted by atomic mass is 31.2. The van der Waals surface area contributed by atoms with Crippen molar-refractivity contribution in [2.75, 3.05) is 20.3 Å². The molecule has 0 aromatic carbocycles. The standard InChI is InChI=1S/C22H41O13P/c1-4-6-8-10-15(23)32-12-14(34-16(24)11-9-7-5-2)13-33-36(29,30)35-22-20(28)18(26)17(25)19(27)21(22)31-3/h14,17-22,25-28H,4-13H2,1-3H3,(H,29,30)/t14?,17-,18-,19+,20+,21+,22-/m0/s1. The number of aliphatic hydroxyl groups is 4. The van der Waals surface area contributed by atoms with Crippen LogP contribution < -0.4 is 0 Å². The SMILES string of the molecule is CCCCCC(=O)OCC(COP(=O)(O)O[C@H]1[C@H](O)[C@@H](O)[C@H](O)[C@@H](O)[C@H]1OC)OC(=O)CCCCC. The number of methoxy groups -OCH3 is 1. The van der Waals surface area contributed by atoms with Gasteiger partial charge in [0, 0.05) is 20.0 Å². The second-order valence-electron chi connectivity index (χ2n) is 8.71. The van der Waals surface area contributed by atoms with Crippen molar-refractivity contribution in [1.82, 2.24) is 0 Å². The van der Waals surface area contributed by atoms with Gasteiger partial charge in [-0.05, 0) is 12.8 Å². The van der Waals surface area contributed by atoms with Crippen molar-refractivity contribution in [3.63, 3.8) is 0 Å². The van der Waals surface area contributed by atoms with Crippen molar-refractivity contribution in [1.29, 1.82) is 0 Å². The number of hydrogen-bond acceptors (Lipinski definition) is 12. The Morgan fingerprint density at radius 3 is 1.86 bits per heavy atom. The molecule has 0 radical (unpaired) electrons. The summed E-state index contributed by atoms with van der Waals surface area (Å²) in [6.45, 7) is 2.84. The second kappa shape index (κ2) is 16.6. The third kappa shape index (κ3) is 11.1. The van der Waals surface area contributed by atoms with E-state index < -0.39 is 75.7 Å². The lowest BCUT2D eigenvalue weighted by Crippen LogP contribution is -2.64. The van der Waals surface area contributed by atoms with Gasteiger partial charge in [0.05, 0.1) is 6.61 Å². The Balaban J connectivity index is 2.79. The summed E-state index contributed by atoms with van der Waals surface area (Å²) >= 11 is 0. The third-order valence-electron chi connectivity index (χ3n) is 5.69. The highest BCUT2D eigenvalue weighted by Gasteiger charge is 2.52. The van der Waals surface area contributed by atoms with Crippen molar-refractivity contribution in [3.8, 4) is 0 Å². The summed E-state index contributed by atoms with van der Waals surface area (Å²) in [4.78, 5) is 34.3. The highest BCUT2D eigenvalue weighted by Crippen LogP contribution is 2.47. The molecule has 36 heavy (non-hydrogen) atoms. The lowest BCUT2D eigenvalue weighted by Gasteiger charge is -2.43. The van der Waals surface area contributed by atoms with Crippen LogP contribution in [0.5, 0.6) is 0 Å². The summed E-state index contributed by atoms with van der Waals surface area (Å²) in [6, 6.07) is 0. The van der Waals surface area contributed by atoms with Crippen molar-refractivity contribution < 1.29 is 62.7 Å². The number of aliphatic hydroxyl groups excluding tert-OH is 4. The van der Waals surface area contributed by atoms with E-state index in [4.69, 9.17) is 23.3 Å².